The lowest BCUT2D eigenvalue weighted by Crippen LogP contribution is -2.45. The normalized spacial score (nSPS) is 22.9. The van der Waals surface area contributed by atoms with E-state index in [0.717, 1.165) is 24.1 Å². The van der Waals surface area contributed by atoms with Gasteiger partial charge in [0.25, 0.3) is 0 Å². The quantitative estimate of drug-likeness (QED) is 0.661. The van der Waals surface area contributed by atoms with Crippen molar-refractivity contribution in [2.24, 2.45) is 10.9 Å². The van der Waals surface area contributed by atoms with Crippen LogP contribution < -0.4 is 10.6 Å². The molecule has 0 bridgehead atoms. The number of nitrogens with one attached hydrogen (secondary N) is 2. The molecule has 2 N–H and O–H groups in total. The van der Waals surface area contributed by atoms with Gasteiger partial charge in [-0.3, -0.25) is 4.98 Å². The molecule has 116 valence electrons. The minimum absolute atomic E-state index is 0.552. The maximum absolute atomic E-state index is 4.70. The molecule has 0 amide bonds. The van der Waals surface area contributed by atoms with E-state index in [1.807, 2.05) is 12.3 Å². The third-order valence-corrected chi connectivity index (χ3v) is 4.13. The highest BCUT2D eigenvalue weighted by atomic mass is 15.2. The zero-order valence-corrected chi connectivity index (χ0v) is 13.5. The zero-order chi connectivity index (χ0) is 15.1. The molecule has 1 aromatic rings. The number of aliphatic imine (C=N–C) groups is 1. The molecule has 0 spiro atoms. The van der Waals surface area contributed by atoms with Crippen LogP contribution in [-0.2, 0) is 6.54 Å². The first kappa shape index (κ1) is 15.8. The Kier molecular flexibility index (Phi) is 6.03. The van der Waals surface area contributed by atoms with E-state index >= 15 is 0 Å². The molecule has 0 saturated heterocycles. The van der Waals surface area contributed by atoms with Crippen LogP contribution in [0.1, 0.15) is 50.8 Å². The predicted molar refractivity (Wildman–Crippen MR) is 88.3 cm³/mol. The van der Waals surface area contributed by atoms with Crippen LogP contribution in [-0.4, -0.2) is 23.5 Å². The van der Waals surface area contributed by atoms with Gasteiger partial charge in [0.15, 0.2) is 5.96 Å². The molecular weight excluding hydrogens is 260 g/mol. The molecule has 2 atom stereocenters. The summed E-state index contributed by atoms with van der Waals surface area (Å²) < 4.78 is 0. The Hall–Kier alpha value is -1.58. The SMILES string of the molecule is CCNC(=NCc1ncccc1C)NC1CCCC(C)C1. The summed E-state index contributed by atoms with van der Waals surface area (Å²) in [5.41, 5.74) is 2.25. The van der Waals surface area contributed by atoms with Crippen LogP contribution in [0.3, 0.4) is 0 Å². The van der Waals surface area contributed by atoms with Crippen molar-refractivity contribution in [3.8, 4) is 0 Å². The minimum atomic E-state index is 0.552. The third kappa shape index (κ3) is 5.03. The van der Waals surface area contributed by atoms with E-state index in [1.165, 1.54) is 31.2 Å². The van der Waals surface area contributed by atoms with Crippen LogP contribution in [0, 0.1) is 12.8 Å². The molecule has 1 saturated carbocycles. The van der Waals surface area contributed by atoms with Gasteiger partial charge < -0.3 is 10.6 Å². The Balaban J connectivity index is 1.97. The lowest BCUT2D eigenvalue weighted by molar-refractivity contribution is 0.324. The monoisotopic (exact) mass is 288 g/mol. The van der Waals surface area contributed by atoms with Crippen molar-refractivity contribution in [2.75, 3.05) is 6.54 Å². The Morgan fingerprint density at radius 2 is 2.29 bits per heavy atom. The lowest BCUT2D eigenvalue weighted by atomic mass is 9.87. The van der Waals surface area contributed by atoms with E-state index < -0.39 is 0 Å². The molecule has 2 unspecified atom stereocenters. The molecule has 1 aromatic heterocycles. The Morgan fingerprint density at radius 3 is 3.00 bits per heavy atom. The van der Waals surface area contributed by atoms with Gasteiger partial charge in [-0.1, -0.05) is 25.8 Å². The highest BCUT2D eigenvalue weighted by molar-refractivity contribution is 5.80. The fourth-order valence-corrected chi connectivity index (χ4v) is 2.92. The van der Waals surface area contributed by atoms with Crippen LogP contribution in [0.4, 0.5) is 0 Å². The smallest absolute Gasteiger partial charge is 0.191 e. The first-order chi connectivity index (χ1) is 10.2. The average molecular weight is 288 g/mol. The summed E-state index contributed by atoms with van der Waals surface area (Å²) in [5, 5.41) is 6.93. The molecule has 0 radical (unpaired) electrons. The topological polar surface area (TPSA) is 49.3 Å². The highest BCUT2D eigenvalue weighted by Crippen LogP contribution is 2.23. The van der Waals surface area contributed by atoms with Crippen molar-refractivity contribution >= 4 is 5.96 Å². The van der Waals surface area contributed by atoms with Gasteiger partial charge in [-0.25, -0.2) is 4.99 Å². The fourth-order valence-electron chi connectivity index (χ4n) is 2.92. The summed E-state index contributed by atoms with van der Waals surface area (Å²) in [6, 6.07) is 4.60. The molecule has 0 aliphatic heterocycles. The van der Waals surface area contributed by atoms with E-state index in [0.29, 0.717) is 12.6 Å². The zero-order valence-electron chi connectivity index (χ0n) is 13.5. The first-order valence-electron chi connectivity index (χ1n) is 8.14. The van der Waals surface area contributed by atoms with E-state index in [4.69, 9.17) is 4.99 Å². The number of pyridine rings is 1. The molecule has 1 heterocycles. The Bertz CT molecular complexity index is 470. The summed E-state index contributed by atoms with van der Waals surface area (Å²) in [6.45, 7) is 8.04. The van der Waals surface area contributed by atoms with E-state index in [-0.39, 0.29) is 0 Å². The second-order valence-electron chi connectivity index (χ2n) is 6.08. The molecule has 1 aliphatic carbocycles. The van der Waals surface area contributed by atoms with Gasteiger partial charge in [-0.15, -0.1) is 0 Å². The molecular formula is C17H28N4. The number of hydrogen-bond acceptors (Lipinski definition) is 2. The van der Waals surface area contributed by atoms with Crippen molar-refractivity contribution in [2.45, 2.75) is 59.0 Å². The average Bonchev–Trinajstić information content (AvgIpc) is 2.46. The highest BCUT2D eigenvalue weighted by Gasteiger charge is 2.19. The van der Waals surface area contributed by atoms with E-state index in [2.05, 4.69) is 42.5 Å². The van der Waals surface area contributed by atoms with Crippen molar-refractivity contribution in [3.05, 3.63) is 29.6 Å². The summed E-state index contributed by atoms with van der Waals surface area (Å²) >= 11 is 0. The number of aryl methyl sites for hydroxylation is 1. The van der Waals surface area contributed by atoms with Crippen LogP contribution >= 0.6 is 0 Å². The number of hydrogen-bond donors (Lipinski definition) is 2. The van der Waals surface area contributed by atoms with E-state index in [1.54, 1.807) is 0 Å². The Morgan fingerprint density at radius 1 is 1.43 bits per heavy atom. The predicted octanol–water partition coefficient (Wildman–Crippen LogP) is 3.02. The largest absolute Gasteiger partial charge is 0.357 e. The van der Waals surface area contributed by atoms with Crippen LogP contribution in [0.5, 0.6) is 0 Å². The lowest BCUT2D eigenvalue weighted by Gasteiger charge is -2.28. The number of aromatic nitrogens is 1. The van der Waals surface area contributed by atoms with Gasteiger partial charge in [-0.2, -0.15) is 0 Å². The van der Waals surface area contributed by atoms with Crippen LogP contribution in [0.15, 0.2) is 23.3 Å². The first-order valence-corrected chi connectivity index (χ1v) is 8.14. The van der Waals surface area contributed by atoms with Crippen molar-refractivity contribution < 1.29 is 0 Å². The third-order valence-electron chi connectivity index (χ3n) is 4.13. The van der Waals surface area contributed by atoms with Gasteiger partial charge >= 0.3 is 0 Å². The van der Waals surface area contributed by atoms with Gasteiger partial charge in [-0.05, 0) is 44.2 Å². The van der Waals surface area contributed by atoms with Crippen LogP contribution in [0.2, 0.25) is 0 Å². The van der Waals surface area contributed by atoms with Crippen LogP contribution in [0.25, 0.3) is 0 Å². The minimum Gasteiger partial charge on any atom is -0.357 e. The van der Waals surface area contributed by atoms with Gasteiger partial charge in [0, 0.05) is 18.8 Å². The molecule has 1 fully saturated rings. The molecule has 2 rings (SSSR count). The van der Waals surface area contributed by atoms with Crippen molar-refractivity contribution in [3.63, 3.8) is 0 Å². The maximum atomic E-state index is 4.70. The maximum Gasteiger partial charge on any atom is 0.191 e. The van der Waals surface area contributed by atoms with Crippen molar-refractivity contribution in [1.82, 2.24) is 15.6 Å². The molecule has 21 heavy (non-hydrogen) atoms. The second-order valence-corrected chi connectivity index (χ2v) is 6.08. The molecule has 0 aromatic carbocycles. The van der Waals surface area contributed by atoms with Gasteiger partial charge in [0.1, 0.15) is 0 Å². The Labute approximate surface area is 128 Å². The number of guanidine groups is 1. The van der Waals surface area contributed by atoms with Gasteiger partial charge in [0.05, 0.1) is 12.2 Å². The molecule has 4 heteroatoms. The van der Waals surface area contributed by atoms with Crippen molar-refractivity contribution in [1.29, 1.82) is 0 Å². The van der Waals surface area contributed by atoms with E-state index in [9.17, 15) is 0 Å². The molecule has 4 nitrogen and oxygen atoms in total. The standard InChI is InChI=1S/C17H28N4/c1-4-18-17(21-15-9-5-7-13(2)11-15)20-12-16-14(3)8-6-10-19-16/h6,8,10,13,15H,4-5,7,9,11-12H2,1-3H3,(H2,18,20,21). The number of nitrogens with zero attached hydrogens (tertiary/aromatic N) is 2. The fraction of sp³-hybridized carbons (Fsp3) is 0.647. The summed E-state index contributed by atoms with van der Waals surface area (Å²) in [6.07, 6.45) is 7.00. The number of rotatable bonds is 4. The summed E-state index contributed by atoms with van der Waals surface area (Å²) in [4.78, 5) is 9.10. The molecule has 1 aliphatic rings. The summed E-state index contributed by atoms with van der Waals surface area (Å²) in [5.74, 6) is 1.74. The summed E-state index contributed by atoms with van der Waals surface area (Å²) in [7, 11) is 0. The van der Waals surface area contributed by atoms with Gasteiger partial charge in [0.2, 0.25) is 0 Å². The second kappa shape index (κ2) is 8.01.